The minimum atomic E-state index is 0.430. The normalized spacial score (nSPS) is 29.7. The number of aliphatic imine (C=N–C) groups is 1. The predicted molar refractivity (Wildman–Crippen MR) is 84.5 cm³/mol. The van der Waals surface area contributed by atoms with Gasteiger partial charge in [0, 0.05) is 24.2 Å². The first-order valence-corrected chi connectivity index (χ1v) is 7.84. The van der Waals surface area contributed by atoms with Crippen molar-refractivity contribution in [1.29, 1.82) is 0 Å². The van der Waals surface area contributed by atoms with Crippen LogP contribution in [0, 0.1) is 5.92 Å². The van der Waals surface area contributed by atoms with Gasteiger partial charge in [-0.05, 0) is 56.7 Å². The molecule has 3 heteroatoms. The first kappa shape index (κ1) is 13.8. The van der Waals surface area contributed by atoms with Gasteiger partial charge in [0.2, 0.25) is 0 Å². The van der Waals surface area contributed by atoms with Gasteiger partial charge in [0.1, 0.15) is 0 Å². The van der Waals surface area contributed by atoms with Crippen molar-refractivity contribution in [3.63, 3.8) is 0 Å². The van der Waals surface area contributed by atoms with Crippen LogP contribution in [-0.4, -0.2) is 18.3 Å². The van der Waals surface area contributed by atoms with Crippen LogP contribution in [0.3, 0.4) is 0 Å². The standard InChI is InChI=1S/C17H25N3/c1-12-10-17(15-4-2-3-5-16(15)20-12)19-11-13-6-8-14(18)9-7-13/h2-5,13-14,17,19H,6-11,18H2,1H3. The van der Waals surface area contributed by atoms with Gasteiger partial charge in [-0.1, -0.05) is 18.2 Å². The molecule has 0 aromatic heterocycles. The molecule has 0 saturated heterocycles. The summed E-state index contributed by atoms with van der Waals surface area (Å²) in [6.45, 7) is 3.24. The first-order valence-electron chi connectivity index (χ1n) is 7.84. The average molecular weight is 271 g/mol. The molecule has 2 aliphatic rings. The second-order valence-corrected chi connectivity index (χ2v) is 6.35. The summed E-state index contributed by atoms with van der Waals surface area (Å²) in [5.74, 6) is 0.793. The summed E-state index contributed by atoms with van der Waals surface area (Å²) in [6.07, 6.45) is 5.95. The topological polar surface area (TPSA) is 50.4 Å². The fourth-order valence-electron chi connectivity index (χ4n) is 3.42. The summed E-state index contributed by atoms with van der Waals surface area (Å²) < 4.78 is 0. The molecule has 3 N–H and O–H groups in total. The van der Waals surface area contributed by atoms with Crippen LogP contribution in [0.15, 0.2) is 29.3 Å². The Hall–Kier alpha value is -1.19. The Morgan fingerprint density at radius 3 is 2.75 bits per heavy atom. The molecule has 3 rings (SSSR count). The molecular weight excluding hydrogens is 246 g/mol. The molecule has 1 aromatic rings. The lowest BCUT2D eigenvalue weighted by atomic mass is 9.86. The van der Waals surface area contributed by atoms with Crippen molar-refractivity contribution in [2.24, 2.45) is 16.6 Å². The summed E-state index contributed by atoms with van der Waals surface area (Å²) in [5, 5.41) is 3.77. The van der Waals surface area contributed by atoms with Crippen molar-refractivity contribution in [2.45, 2.75) is 51.1 Å². The quantitative estimate of drug-likeness (QED) is 0.886. The number of fused-ring (bicyclic) bond motifs is 1. The highest BCUT2D eigenvalue weighted by Crippen LogP contribution is 2.33. The second-order valence-electron chi connectivity index (χ2n) is 6.35. The van der Waals surface area contributed by atoms with E-state index >= 15 is 0 Å². The maximum Gasteiger partial charge on any atom is 0.0676 e. The highest BCUT2D eigenvalue weighted by Gasteiger charge is 2.23. The fraction of sp³-hybridized carbons (Fsp3) is 0.588. The van der Waals surface area contributed by atoms with Gasteiger partial charge in [-0.15, -0.1) is 0 Å². The third-order valence-corrected chi connectivity index (χ3v) is 4.67. The van der Waals surface area contributed by atoms with Crippen LogP contribution in [0.4, 0.5) is 5.69 Å². The Labute approximate surface area is 121 Å². The van der Waals surface area contributed by atoms with Crippen molar-refractivity contribution >= 4 is 11.4 Å². The molecule has 0 bridgehead atoms. The molecule has 20 heavy (non-hydrogen) atoms. The maximum absolute atomic E-state index is 5.98. The molecule has 0 radical (unpaired) electrons. The molecule has 108 valence electrons. The molecule has 1 fully saturated rings. The van der Waals surface area contributed by atoms with Gasteiger partial charge in [-0.25, -0.2) is 0 Å². The molecule has 1 aromatic carbocycles. The van der Waals surface area contributed by atoms with E-state index in [0.717, 1.165) is 24.6 Å². The number of nitrogens with one attached hydrogen (secondary N) is 1. The van der Waals surface area contributed by atoms with Crippen LogP contribution in [0.1, 0.15) is 50.6 Å². The maximum atomic E-state index is 5.98. The van der Waals surface area contributed by atoms with Gasteiger partial charge >= 0.3 is 0 Å². The average Bonchev–Trinajstić information content (AvgIpc) is 2.46. The molecule has 1 atom stereocenters. The predicted octanol–water partition coefficient (Wildman–Crippen LogP) is 3.33. The zero-order chi connectivity index (χ0) is 13.9. The highest BCUT2D eigenvalue weighted by atomic mass is 14.9. The Bertz CT molecular complexity index is 487. The van der Waals surface area contributed by atoms with Gasteiger partial charge in [0.05, 0.1) is 5.69 Å². The van der Waals surface area contributed by atoms with Crippen LogP contribution in [-0.2, 0) is 0 Å². The van der Waals surface area contributed by atoms with Crippen LogP contribution in [0.5, 0.6) is 0 Å². The van der Waals surface area contributed by atoms with Gasteiger partial charge in [0.15, 0.2) is 0 Å². The molecule has 1 aliphatic carbocycles. The second kappa shape index (κ2) is 6.06. The van der Waals surface area contributed by atoms with Gasteiger partial charge in [-0.2, -0.15) is 0 Å². The highest BCUT2D eigenvalue weighted by molar-refractivity contribution is 5.87. The lowest BCUT2D eigenvalue weighted by Gasteiger charge is -2.30. The molecule has 0 amide bonds. The Morgan fingerprint density at radius 1 is 1.20 bits per heavy atom. The third kappa shape index (κ3) is 3.10. The van der Waals surface area contributed by atoms with Crippen LogP contribution in [0.25, 0.3) is 0 Å². The molecular formula is C17H25N3. The first-order chi connectivity index (χ1) is 9.72. The van der Waals surface area contributed by atoms with Gasteiger partial charge < -0.3 is 11.1 Å². The molecule has 1 unspecified atom stereocenters. The molecule has 1 saturated carbocycles. The zero-order valence-electron chi connectivity index (χ0n) is 12.3. The number of benzene rings is 1. The monoisotopic (exact) mass is 271 g/mol. The van der Waals surface area contributed by atoms with E-state index < -0.39 is 0 Å². The Kier molecular flexibility index (Phi) is 4.18. The van der Waals surface area contributed by atoms with E-state index in [4.69, 9.17) is 5.73 Å². The van der Waals surface area contributed by atoms with Gasteiger partial charge in [-0.3, -0.25) is 4.99 Å². The van der Waals surface area contributed by atoms with Crippen LogP contribution >= 0.6 is 0 Å². The number of hydrogen-bond donors (Lipinski definition) is 2. The zero-order valence-corrected chi connectivity index (χ0v) is 12.3. The minimum absolute atomic E-state index is 0.430. The van der Waals surface area contributed by atoms with E-state index in [0.29, 0.717) is 12.1 Å². The molecule has 1 aliphatic heterocycles. The number of hydrogen-bond acceptors (Lipinski definition) is 3. The van der Waals surface area contributed by atoms with E-state index in [1.54, 1.807) is 0 Å². The van der Waals surface area contributed by atoms with E-state index in [2.05, 4.69) is 41.5 Å². The molecule has 3 nitrogen and oxygen atoms in total. The lowest BCUT2D eigenvalue weighted by Crippen LogP contribution is -2.34. The van der Waals surface area contributed by atoms with Crippen molar-refractivity contribution < 1.29 is 0 Å². The Balaban J connectivity index is 1.62. The summed E-state index contributed by atoms with van der Waals surface area (Å²) in [6, 6.07) is 9.38. The number of nitrogens with zero attached hydrogens (tertiary/aromatic N) is 1. The lowest BCUT2D eigenvalue weighted by molar-refractivity contribution is 0.304. The molecule has 0 spiro atoms. The number of rotatable bonds is 3. The largest absolute Gasteiger partial charge is 0.328 e. The van der Waals surface area contributed by atoms with Crippen molar-refractivity contribution in [2.75, 3.05) is 6.54 Å². The summed E-state index contributed by atoms with van der Waals surface area (Å²) in [5.41, 5.74) is 9.70. The van der Waals surface area contributed by atoms with E-state index in [1.807, 2.05) is 0 Å². The summed E-state index contributed by atoms with van der Waals surface area (Å²) in [7, 11) is 0. The van der Waals surface area contributed by atoms with Crippen LogP contribution < -0.4 is 11.1 Å². The molecule has 1 heterocycles. The minimum Gasteiger partial charge on any atom is -0.328 e. The van der Waals surface area contributed by atoms with Crippen LogP contribution in [0.2, 0.25) is 0 Å². The van der Waals surface area contributed by atoms with Crippen molar-refractivity contribution in [1.82, 2.24) is 5.32 Å². The number of nitrogens with two attached hydrogens (primary N) is 1. The van der Waals surface area contributed by atoms with E-state index in [9.17, 15) is 0 Å². The SMILES string of the molecule is CC1=Nc2ccccc2C(NCC2CCC(N)CC2)C1. The number of para-hydroxylation sites is 1. The smallest absolute Gasteiger partial charge is 0.0676 e. The summed E-state index contributed by atoms with van der Waals surface area (Å²) >= 11 is 0. The fourth-order valence-corrected chi connectivity index (χ4v) is 3.42. The van der Waals surface area contributed by atoms with Gasteiger partial charge in [0.25, 0.3) is 0 Å². The van der Waals surface area contributed by atoms with Crippen molar-refractivity contribution in [3.05, 3.63) is 29.8 Å². The Morgan fingerprint density at radius 2 is 1.95 bits per heavy atom. The van der Waals surface area contributed by atoms with Crippen molar-refractivity contribution in [3.8, 4) is 0 Å². The third-order valence-electron chi connectivity index (χ3n) is 4.67. The van der Waals surface area contributed by atoms with E-state index in [-0.39, 0.29) is 0 Å². The van der Waals surface area contributed by atoms with E-state index in [1.165, 1.54) is 37.0 Å². The summed E-state index contributed by atoms with van der Waals surface area (Å²) in [4.78, 5) is 4.66.